The molecule has 0 aliphatic heterocycles. The molecule has 0 atom stereocenters. The average Bonchev–Trinajstić information content (AvgIpc) is 2.70. The van der Waals surface area contributed by atoms with Crippen LogP contribution in [0, 0.1) is 0 Å². The summed E-state index contributed by atoms with van der Waals surface area (Å²) in [7, 11) is 0. The van der Waals surface area contributed by atoms with E-state index in [9.17, 15) is 4.79 Å². The van der Waals surface area contributed by atoms with E-state index >= 15 is 0 Å². The first-order valence-corrected chi connectivity index (χ1v) is 12.3. The molecule has 0 heterocycles. The maximum absolute atomic E-state index is 11.8. The summed E-state index contributed by atoms with van der Waals surface area (Å²) in [6.45, 7) is 2.58. The number of hydrogen-bond donors (Lipinski definition) is 1. The normalized spacial score (nSPS) is 11.8. The van der Waals surface area contributed by atoms with Crippen molar-refractivity contribution in [1.29, 1.82) is 0 Å². The number of hydrogen-bond acceptors (Lipinski definition) is 2. The minimum atomic E-state index is 0.245. The maximum atomic E-state index is 11.8. The number of unbranched alkanes of at least 4 members (excludes halogenated alkanes) is 16. The minimum absolute atomic E-state index is 0.245. The summed E-state index contributed by atoms with van der Waals surface area (Å²) in [5.74, 6) is 0.245. The SMILES string of the molecule is CCCCCCCCCCCCC/C=C/C=C/C(=O)CCCCCCCCO. The highest BCUT2D eigenvalue weighted by molar-refractivity contribution is 5.89. The van der Waals surface area contributed by atoms with E-state index in [0.29, 0.717) is 13.0 Å². The Hall–Kier alpha value is -0.890. The number of allylic oxidation sites excluding steroid dienone is 4. The zero-order valence-electron chi connectivity index (χ0n) is 18.8. The molecule has 0 bridgehead atoms. The molecule has 0 spiro atoms. The Morgan fingerprint density at radius 1 is 0.643 bits per heavy atom. The van der Waals surface area contributed by atoms with Gasteiger partial charge in [0.25, 0.3) is 0 Å². The van der Waals surface area contributed by atoms with E-state index in [1.165, 1.54) is 83.5 Å². The Labute approximate surface area is 175 Å². The van der Waals surface area contributed by atoms with Crippen LogP contribution in [0.5, 0.6) is 0 Å². The second-order valence-electron chi connectivity index (χ2n) is 8.17. The number of aliphatic hydroxyl groups excluding tert-OH is 1. The lowest BCUT2D eigenvalue weighted by Crippen LogP contribution is -1.92. The zero-order chi connectivity index (χ0) is 20.5. The van der Waals surface area contributed by atoms with Gasteiger partial charge in [0, 0.05) is 13.0 Å². The minimum Gasteiger partial charge on any atom is -0.396 e. The first-order chi connectivity index (χ1) is 13.8. The summed E-state index contributed by atoms with van der Waals surface area (Å²) in [5, 5.41) is 8.71. The summed E-state index contributed by atoms with van der Waals surface area (Å²) < 4.78 is 0. The molecule has 0 aliphatic rings. The van der Waals surface area contributed by atoms with Gasteiger partial charge < -0.3 is 5.11 Å². The zero-order valence-corrected chi connectivity index (χ0v) is 18.8. The lowest BCUT2D eigenvalue weighted by molar-refractivity contribution is -0.114. The first kappa shape index (κ1) is 27.1. The number of aliphatic hydroxyl groups is 1. The molecule has 0 aliphatic carbocycles. The van der Waals surface area contributed by atoms with Crippen LogP contribution in [0.4, 0.5) is 0 Å². The van der Waals surface area contributed by atoms with Crippen molar-refractivity contribution < 1.29 is 9.90 Å². The molecule has 0 fully saturated rings. The van der Waals surface area contributed by atoms with Crippen LogP contribution in [0.25, 0.3) is 0 Å². The Morgan fingerprint density at radius 3 is 1.71 bits per heavy atom. The summed E-state index contributed by atoms with van der Waals surface area (Å²) in [6.07, 6.45) is 31.4. The van der Waals surface area contributed by atoms with Gasteiger partial charge in [0.1, 0.15) is 0 Å². The average molecular weight is 393 g/mol. The number of ketones is 1. The predicted octanol–water partition coefficient (Wildman–Crippen LogP) is 8.09. The molecule has 0 saturated carbocycles. The predicted molar refractivity (Wildman–Crippen MR) is 124 cm³/mol. The van der Waals surface area contributed by atoms with Crippen molar-refractivity contribution in [3.63, 3.8) is 0 Å². The lowest BCUT2D eigenvalue weighted by Gasteiger charge is -2.01. The fourth-order valence-electron chi connectivity index (χ4n) is 3.47. The van der Waals surface area contributed by atoms with E-state index in [4.69, 9.17) is 5.11 Å². The third-order valence-corrected chi connectivity index (χ3v) is 5.33. The standard InChI is InChI=1S/C26H48O2/c1-2-3-4-5-6-7-8-9-10-11-12-13-14-17-20-23-26(28)24-21-18-15-16-19-22-25-27/h14,17,20,23,27H,2-13,15-16,18-19,21-22,24-25H2,1H3/b17-14+,23-20+. The van der Waals surface area contributed by atoms with Crippen molar-refractivity contribution in [2.24, 2.45) is 0 Å². The molecule has 0 aromatic heterocycles. The van der Waals surface area contributed by atoms with Gasteiger partial charge in [0.2, 0.25) is 0 Å². The van der Waals surface area contributed by atoms with Gasteiger partial charge in [-0.3, -0.25) is 4.79 Å². The van der Waals surface area contributed by atoms with Crippen LogP contribution in [0.2, 0.25) is 0 Å². The largest absolute Gasteiger partial charge is 0.396 e. The van der Waals surface area contributed by atoms with E-state index in [1.54, 1.807) is 6.08 Å². The molecule has 0 radical (unpaired) electrons. The van der Waals surface area contributed by atoms with Crippen molar-refractivity contribution in [2.45, 2.75) is 129 Å². The number of carbonyl (C=O) groups excluding carboxylic acids is 1. The van der Waals surface area contributed by atoms with E-state index in [2.05, 4.69) is 13.0 Å². The molecule has 1 N–H and O–H groups in total. The Balaban J connectivity index is 3.32. The van der Waals surface area contributed by atoms with E-state index < -0.39 is 0 Å². The molecule has 164 valence electrons. The van der Waals surface area contributed by atoms with Crippen LogP contribution in [0.1, 0.15) is 129 Å². The van der Waals surface area contributed by atoms with Crippen LogP contribution in [0.15, 0.2) is 24.3 Å². The van der Waals surface area contributed by atoms with E-state index in [-0.39, 0.29) is 5.78 Å². The fourth-order valence-corrected chi connectivity index (χ4v) is 3.47. The summed E-state index contributed by atoms with van der Waals surface area (Å²) in [4.78, 5) is 11.8. The Bertz CT molecular complexity index is 371. The second kappa shape index (κ2) is 24.1. The third kappa shape index (κ3) is 23.1. The molecule has 2 heteroatoms. The van der Waals surface area contributed by atoms with Gasteiger partial charge in [-0.1, -0.05) is 115 Å². The molecule has 0 aromatic carbocycles. The summed E-state index contributed by atoms with van der Waals surface area (Å²) >= 11 is 0. The molecule has 0 saturated heterocycles. The highest BCUT2D eigenvalue weighted by Crippen LogP contribution is 2.12. The number of carbonyl (C=O) groups is 1. The van der Waals surface area contributed by atoms with Crippen LogP contribution in [-0.2, 0) is 4.79 Å². The van der Waals surface area contributed by atoms with Gasteiger partial charge in [-0.25, -0.2) is 0 Å². The first-order valence-electron chi connectivity index (χ1n) is 12.3. The fraction of sp³-hybridized carbons (Fsp3) is 0.808. The van der Waals surface area contributed by atoms with Crippen molar-refractivity contribution in [3.05, 3.63) is 24.3 Å². The molecular weight excluding hydrogens is 344 g/mol. The van der Waals surface area contributed by atoms with Gasteiger partial charge in [0.15, 0.2) is 5.78 Å². The molecule has 0 rings (SSSR count). The topological polar surface area (TPSA) is 37.3 Å². The van der Waals surface area contributed by atoms with Crippen LogP contribution < -0.4 is 0 Å². The van der Waals surface area contributed by atoms with Gasteiger partial charge >= 0.3 is 0 Å². The molecule has 28 heavy (non-hydrogen) atoms. The molecule has 0 amide bonds. The quantitative estimate of drug-likeness (QED) is 0.115. The van der Waals surface area contributed by atoms with Crippen molar-refractivity contribution in [2.75, 3.05) is 6.61 Å². The van der Waals surface area contributed by atoms with Gasteiger partial charge in [-0.15, -0.1) is 0 Å². The summed E-state index contributed by atoms with van der Waals surface area (Å²) in [5.41, 5.74) is 0. The second-order valence-corrected chi connectivity index (χ2v) is 8.17. The van der Waals surface area contributed by atoms with Gasteiger partial charge in [-0.05, 0) is 31.8 Å². The lowest BCUT2D eigenvalue weighted by atomic mass is 10.1. The Morgan fingerprint density at radius 2 is 1.14 bits per heavy atom. The molecule has 2 nitrogen and oxygen atoms in total. The van der Waals surface area contributed by atoms with Crippen molar-refractivity contribution >= 4 is 5.78 Å². The summed E-state index contributed by atoms with van der Waals surface area (Å²) in [6, 6.07) is 0. The van der Waals surface area contributed by atoms with Crippen LogP contribution in [0.3, 0.4) is 0 Å². The van der Waals surface area contributed by atoms with Crippen LogP contribution >= 0.6 is 0 Å². The van der Waals surface area contributed by atoms with Crippen molar-refractivity contribution in [1.82, 2.24) is 0 Å². The monoisotopic (exact) mass is 392 g/mol. The van der Waals surface area contributed by atoms with Crippen LogP contribution in [-0.4, -0.2) is 17.5 Å². The maximum Gasteiger partial charge on any atom is 0.155 e. The van der Waals surface area contributed by atoms with Gasteiger partial charge in [0.05, 0.1) is 0 Å². The molecule has 0 aromatic rings. The Kier molecular flexibility index (Phi) is 23.4. The highest BCUT2D eigenvalue weighted by atomic mass is 16.2. The van der Waals surface area contributed by atoms with E-state index in [0.717, 1.165) is 32.1 Å². The van der Waals surface area contributed by atoms with Crippen molar-refractivity contribution in [3.8, 4) is 0 Å². The smallest absolute Gasteiger partial charge is 0.155 e. The molecule has 0 unspecified atom stereocenters. The van der Waals surface area contributed by atoms with E-state index in [1.807, 2.05) is 12.2 Å². The van der Waals surface area contributed by atoms with Gasteiger partial charge in [-0.2, -0.15) is 0 Å². The third-order valence-electron chi connectivity index (χ3n) is 5.33. The number of rotatable bonds is 22. The highest BCUT2D eigenvalue weighted by Gasteiger charge is 1.96. The molecular formula is C26H48O2.